The molecule has 3 aromatic rings. The number of halogens is 1. The molecule has 0 spiro atoms. The third-order valence-electron chi connectivity index (χ3n) is 9.65. The number of H-pyrrole nitrogens is 1. The molecular formula is C34H40BClN6O6. The minimum absolute atomic E-state index is 0.0125. The molecule has 4 amide bonds. The first-order chi connectivity index (χ1) is 22.7. The Balaban J connectivity index is 1.24. The molecule has 2 fully saturated rings. The summed E-state index contributed by atoms with van der Waals surface area (Å²) in [6.07, 6.45) is 0.938. The lowest BCUT2D eigenvalue weighted by Crippen LogP contribution is -2.50. The summed E-state index contributed by atoms with van der Waals surface area (Å²) in [6, 6.07) is 11.5. The molecule has 12 nitrogen and oxygen atoms in total. The zero-order valence-electron chi connectivity index (χ0n) is 28.0. The first-order valence-corrected chi connectivity index (χ1v) is 16.2. The number of rotatable bonds is 6. The number of urea groups is 1. The lowest BCUT2D eigenvalue weighted by Gasteiger charge is -2.32. The van der Waals surface area contributed by atoms with Crippen molar-refractivity contribution in [2.45, 2.75) is 71.0 Å². The molecule has 3 aliphatic rings. The van der Waals surface area contributed by atoms with Gasteiger partial charge >= 0.3 is 19.2 Å². The lowest BCUT2D eigenvalue weighted by atomic mass is 9.79. The van der Waals surface area contributed by atoms with Gasteiger partial charge in [0.2, 0.25) is 0 Å². The molecule has 2 aromatic carbocycles. The minimum atomic E-state index is -1.06. The lowest BCUT2D eigenvalue weighted by molar-refractivity contribution is -0.133. The van der Waals surface area contributed by atoms with Gasteiger partial charge in [-0.1, -0.05) is 48.5 Å². The molecule has 0 radical (unpaired) electrons. The maximum Gasteiger partial charge on any atom is 0.494 e. The number of carbonyl (C=O) groups excluding carboxylic acids is 3. The third-order valence-corrected chi connectivity index (χ3v) is 9.89. The highest BCUT2D eigenvalue weighted by Crippen LogP contribution is 2.37. The number of nitrogens with one attached hydrogen (secondary N) is 2. The summed E-state index contributed by atoms with van der Waals surface area (Å²) >= 11 is 6.20. The normalized spacial score (nSPS) is 20.1. The van der Waals surface area contributed by atoms with Crippen LogP contribution in [0.4, 0.5) is 9.59 Å². The molecule has 2 N–H and O–H groups in total. The van der Waals surface area contributed by atoms with Crippen molar-refractivity contribution in [3.63, 3.8) is 0 Å². The highest BCUT2D eigenvalue weighted by Gasteiger charge is 2.51. The van der Waals surface area contributed by atoms with Crippen molar-refractivity contribution in [3.8, 4) is 11.3 Å². The molecule has 4 heterocycles. The van der Waals surface area contributed by atoms with Gasteiger partial charge in [-0.05, 0) is 74.5 Å². The van der Waals surface area contributed by atoms with E-state index >= 15 is 0 Å². The number of hydrogen-bond acceptors (Lipinski definition) is 7. The molecule has 2 atom stereocenters. The zero-order valence-corrected chi connectivity index (χ0v) is 28.8. The number of ether oxygens (including phenoxy) is 1. The van der Waals surface area contributed by atoms with E-state index in [2.05, 4.69) is 21.9 Å². The van der Waals surface area contributed by atoms with Crippen LogP contribution in [0.1, 0.15) is 57.6 Å². The topological polar surface area (TPSA) is 129 Å². The van der Waals surface area contributed by atoms with E-state index in [0.29, 0.717) is 29.5 Å². The number of fused-ring (bicyclic) bond motifs is 1. The summed E-state index contributed by atoms with van der Waals surface area (Å²) in [5.41, 5.74) is 4.05. The number of imidazole rings is 1. The fourth-order valence-electron chi connectivity index (χ4n) is 6.13. The van der Waals surface area contributed by atoms with Gasteiger partial charge in [-0.25, -0.2) is 14.6 Å². The standard InChI is InChI=1S/C34H40BClN6O6/c1-20(2)28(39-31(44)46-7)30(43)42-19-41(32(45)40-16-22-10-13-25(36)14-23(22)17-40)18-27(42)29-37-15-26(38-29)21-8-11-24(12-9-21)35-47-33(3,4)34(5,6)48-35/h8-15,27-28H,1,16-19H2,2-7H3,(H,37,38)(H,39,44)/t27-,28-/m0/s1. The number of carbonyl (C=O) groups is 3. The Hall–Kier alpha value is -4.33. The number of amides is 4. The summed E-state index contributed by atoms with van der Waals surface area (Å²) in [7, 11) is 0.741. The van der Waals surface area contributed by atoms with Crippen LogP contribution in [0.2, 0.25) is 5.02 Å². The molecular weight excluding hydrogens is 635 g/mol. The Morgan fingerprint density at radius 1 is 1.06 bits per heavy atom. The van der Waals surface area contributed by atoms with Gasteiger partial charge in [-0.3, -0.25) is 4.79 Å². The van der Waals surface area contributed by atoms with Crippen LogP contribution in [0.3, 0.4) is 0 Å². The molecule has 2 saturated heterocycles. The fraction of sp³-hybridized carbons (Fsp3) is 0.412. The first kappa shape index (κ1) is 33.6. The first-order valence-electron chi connectivity index (χ1n) is 15.8. The third kappa shape index (κ3) is 6.29. The van der Waals surface area contributed by atoms with Crippen molar-refractivity contribution in [2.24, 2.45) is 0 Å². The molecule has 48 heavy (non-hydrogen) atoms. The number of alkyl carbamates (subject to hydrolysis) is 1. The quantitative estimate of drug-likeness (QED) is 0.289. The molecule has 252 valence electrons. The molecule has 3 aliphatic heterocycles. The summed E-state index contributed by atoms with van der Waals surface area (Å²) in [5.74, 6) is 0.0631. The van der Waals surface area contributed by atoms with Crippen LogP contribution in [0.15, 0.2) is 60.8 Å². The molecule has 14 heteroatoms. The van der Waals surface area contributed by atoms with Gasteiger partial charge in [0.1, 0.15) is 17.9 Å². The van der Waals surface area contributed by atoms with Crippen molar-refractivity contribution in [1.82, 2.24) is 30.0 Å². The number of aromatic amines is 1. The number of aromatic nitrogens is 2. The summed E-state index contributed by atoms with van der Waals surface area (Å²) in [6.45, 7) is 14.7. The van der Waals surface area contributed by atoms with Crippen LogP contribution >= 0.6 is 11.6 Å². The fourth-order valence-corrected chi connectivity index (χ4v) is 6.33. The van der Waals surface area contributed by atoms with Gasteiger partial charge in [0.25, 0.3) is 5.91 Å². The second kappa shape index (κ2) is 12.6. The van der Waals surface area contributed by atoms with Crippen molar-refractivity contribution in [1.29, 1.82) is 0 Å². The highest BCUT2D eigenvalue weighted by molar-refractivity contribution is 6.62. The van der Waals surface area contributed by atoms with E-state index in [0.717, 1.165) is 27.8 Å². The smallest absolute Gasteiger partial charge is 0.453 e. The zero-order chi connectivity index (χ0) is 34.5. The van der Waals surface area contributed by atoms with E-state index in [4.69, 9.17) is 25.6 Å². The second-order valence-corrected chi connectivity index (χ2v) is 14.0. The number of hydrogen-bond donors (Lipinski definition) is 2. The van der Waals surface area contributed by atoms with Gasteiger partial charge in [0.05, 0.1) is 43.4 Å². The average Bonchev–Trinajstić information content (AvgIpc) is 3.83. The summed E-state index contributed by atoms with van der Waals surface area (Å²) in [5, 5.41) is 3.18. The Kier molecular flexibility index (Phi) is 8.82. The van der Waals surface area contributed by atoms with Crippen LogP contribution in [0, 0.1) is 0 Å². The van der Waals surface area contributed by atoms with E-state index < -0.39 is 42.4 Å². The Morgan fingerprint density at radius 3 is 2.38 bits per heavy atom. The van der Waals surface area contributed by atoms with Gasteiger partial charge in [0.15, 0.2) is 0 Å². The number of benzene rings is 2. The van der Waals surface area contributed by atoms with Crippen molar-refractivity contribution in [3.05, 3.63) is 82.8 Å². The van der Waals surface area contributed by atoms with Crippen molar-refractivity contribution < 1.29 is 28.4 Å². The number of nitrogens with zero attached hydrogens (tertiary/aromatic N) is 4. The van der Waals surface area contributed by atoms with Gasteiger partial charge < -0.3 is 39.0 Å². The summed E-state index contributed by atoms with van der Waals surface area (Å²) < 4.78 is 17.2. The Labute approximate surface area is 285 Å². The highest BCUT2D eigenvalue weighted by atomic mass is 35.5. The predicted octanol–water partition coefficient (Wildman–Crippen LogP) is 4.61. The molecule has 1 aromatic heterocycles. The van der Waals surface area contributed by atoms with Crippen LogP contribution in [-0.4, -0.2) is 87.4 Å². The second-order valence-electron chi connectivity index (χ2n) is 13.5. The van der Waals surface area contributed by atoms with Crippen LogP contribution in [0.5, 0.6) is 0 Å². The Morgan fingerprint density at radius 2 is 1.73 bits per heavy atom. The minimum Gasteiger partial charge on any atom is -0.453 e. The van der Waals surface area contributed by atoms with Gasteiger partial charge in [-0.15, -0.1) is 0 Å². The molecule has 0 unspecified atom stereocenters. The number of methoxy groups -OCH3 is 1. The van der Waals surface area contributed by atoms with E-state index in [-0.39, 0.29) is 19.2 Å². The van der Waals surface area contributed by atoms with Crippen molar-refractivity contribution in [2.75, 3.05) is 20.3 Å². The molecule has 0 bridgehead atoms. The van der Waals surface area contributed by atoms with Gasteiger partial charge in [0, 0.05) is 18.1 Å². The van der Waals surface area contributed by atoms with Gasteiger partial charge in [-0.2, -0.15) is 0 Å². The molecule has 0 saturated carbocycles. The van der Waals surface area contributed by atoms with E-state index in [1.807, 2.05) is 70.2 Å². The largest absolute Gasteiger partial charge is 0.494 e. The average molecular weight is 675 g/mol. The van der Waals surface area contributed by atoms with Crippen LogP contribution in [0.25, 0.3) is 11.3 Å². The van der Waals surface area contributed by atoms with Crippen molar-refractivity contribution >= 4 is 42.2 Å². The SMILES string of the molecule is C=C(C)[C@H](NC(=O)OC)C(=O)N1CN(C(=O)N2Cc3ccc(Cl)cc3C2)C[C@H]1c1ncc(-c2ccc(B3OC(C)(C)C(C)(C)O3)cc2)[nH]1. The van der Waals surface area contributed by atoms with Crippen LogP contribution < -0.4 is 10.8 Å². The maximum atomic E-state index is 14.0. The van der Waals surface area contributed by atoms with Crippen LogP contribution in [-0.2, 0) is 31.9 Å². The molecule has 6 rings (SSSR count). The maximum absolute atomic E-state index is 14.0. The summed E-state index contributed by atoms with van der Waals surface area (Å²) in [4.78, 5) is 52.9. The van der Waals surface area contributed by atoms with E-state index in [1.165, 1.54) is 12.0 Å². The molecule has 0 aliphatic carbocycles. The Bertz CT molecular complexity index is 1740. The van der Waals surface area contributed by atoms with E-state index in [1.54, 1.807) is 22.9 Å². The predicted molar refractivity (Wildman–Crippen MR) is 181 cm³/mol. The van der Waals surface area contributed by atoms with E-state index in [9.17, 15) is 14.4 Å². The monoisotopic (exact) mass is 674 g/mol.